The van der Waals surface area contributed by atoms with Crippen LogP contribution in [0.4, 0.5) is 8.78 Å². The van der Waals surface area contributed by atoms with Crippen molar-refractivity contribution < 1.29 is 23.1 Å². The molecule has 0 radical (unpaired) electrons. The first-order chi connectivity index (χ1) is 9.54. The van der Waals surface area contributed by atoms with Crippen LogP contribution in [0.25, 0.3) is 22.3 Å². The van der Waals surface area contributed by atoms with Gasteiger partial charge in [0.25, 0.3) is 0 Å². The van der Waals surface area contributed by atoms with Crippen LogP contribution in [-0.4, -0.2) is 11.1 Å². The van der Waals surface area contributed by atoms with Crippen molar-refractivity contribution >= 4 is 16.9 Å². The van der Waals surface area contributed by atoms with Crippen molar-refractivity contribution in [3.05, 3.63) is 59.7 Å². The van der Waals surface area contributed by atoms with Gasteiger partial charge in [-0.25, -0.2) is 13.6 Å². The average molecular weight is 274 g/mol. The van der Waals surface area contributed by atoms with Gasteiger partial charge in [-0.15, -0.1) is 0 Å². The number of benzene rings is 2. The highest BCUT2D eigenvalue weighted by Crippen LogP contribution is 2.31. The van der Waals surface area contributed by atoms with Gasteiger partial charge < -0.3 is 9.52 Å². The first-order valence-electron chi connectivity index (χ1n) is 5.77. The van der Waals surface area contributed by atoms with E-state index in [0.29, 0.717) is 11.0 Å². The number of aromatic carboxylic acids is 1. The molecule has 1 heterocycles. The maximum Gasteiger partial charge on any atom is 0.336 e. The van der Waals surface area contributed by atoms with Crippen LogP contribution >= 0.6 is 0 Å². The molecule has 20 heavy (non-hydrogen) atoms. The van der Waals surface area contributed by atoms with Crippen molar-refractivity contribution in [2.24, 2.45) is 0 Å². The second-order valence-corrected chi connectivity index (χ2v) is 4.29. The van der Waals surface area contributed by atoms with Gasteiger partial charge in [-0.1, -0.05) is 0 Å². The average Bonchev–Trinajstić information content (AvgIpc) is 2.81. The number of rotatable bonds is 2. The summed E-state index contributed by atoms with van der Waals surface area (Å²) >= 11 is 0. The Kier molecular flexibility index (Phi) is 2.75. The number of furan rings is 1. The third-order valence-electron chi connectivity index (χ3n) is 2.96. The minimum atomic E-state index is -1.19. The maximum absolute atomic E-state index is 13.3. The lowest BCUT2D eigenvalue weighted by molar-refractivity contribution is 0.0697. The Hall–Kier alpha value is -2.69. The van der Waals surface area contributed by atoms with E-state index < -0.39 is 17.6 Å². The Morgan fingerprint density at radius 1 is 1.00 bits per heavy atom. The number of halogens is 2. The molecule has 0 saturated carbocycles. The van der Waals surface area contributed by atoms with Crippen molar-refractivity contribution in [1.82, 2.24) is 0 Å². The largest absolute Gasteiger partial charge is 0.478 e. The van der Waals surface area contributed by atoms with Gasteiger partial charge in [-0.05, 0) is 42.5 Å². The molecular weight excluding hydrogens is 266 g/mol. The zero-order valence-corrected chi connectivity index (χ0v) is 10.1. The number of carboxylic acid groups (broad SMARTS) is 1. The number of fused-ring (bicyclic) bond motifs is 1. The van der Waals surface area contributed by atoms with Crippen LogP contribution < -0.4 is 0 Å². The fourth-order valence-corrected chi connectivity index (χ4v) is 2.05. The SMILES string of the molecule is O=C(O)c1ccc(F)cc1-c1cc2cc(F)ccc2o1. The van der Waals surface area contributed by atoms with Crippen LogP contribution in [-0.2, 0) is 0 Å². The molecule has 0 atom stereocenters. The third-order valence-corrected chi connectivity index (χ3v) is 2.96. The van der Waals surface area contributed by atoms with E-state index in [9.17, 15) is 13.6 Å². The summed E-state index contributed by atoms with van der Waals surface area (Å²) in [7, 11) is 0. The molecule has 0 unspecified atom stereocenters. The normalized spacial score (nSPS) is 10.9. The summed E-state index contributed by atoms with van der Waals surface area (Å²) in [6.07, 6.45) is 0. The number of carboxylic acids is 1. The Balaban J connectivity index is 2.24. The van der Waals surface area contributed by atoms with Crippen LogP contribution in [0.15, 0.2) is 46.9 Å². The van der Waals surface area contributed by atoms with Gasteiger partial charge in [0.05, 0.1) is 5.56 Å². The van der Waals surface area contributed by atoms with Gasteiger partial charge in [0, 0.05) is 10.9 Å². The van der Waals surface area contributed by atoms with Crippen LogP contribution in [0.1, 0.15) is 10.4 Å². The maximum atomic E-state index is 13.3. The standard InChI is InChI=1S/C15H8F2O3/c16-9-2-4-13-8(5-9)6-14(20-13)12-7-10(17)1-3-11(12)15(18)19/h1-7H,(H,18,19). The van der Waals surface area contributed by atoms with E-state index in [4.69, 9.17) is 9.52 Å². The summed E-state index contributed by atoms with van der Waals surface area (Å²) < 4.78 is 31.9. The monoisotopic (exact) mass is 274 g/mol. The zero-order chi connectivity index (χ0) is 14.3. The molecule has 0 aliphatic carbocycles. The highest BCUT2D eigenvalue weighted by molar-refractivity contribution is 5.96. The lowest BCUT2D eigenvalue weighted by Gasteiger charge is -2.02. The predicted octanol–water partition coefficient (Wildman–Crippen LogP) is 4.08. The summed E-state index contributed by atoms with van der Waals surface area (Å²) in [6.45, 7) is 0. The van der Waals surface area contributed by atoms with E-state index in [-0.39, 0.29) is 16.9 Å². The molecule has 3 rings (SSSR count). The van der Waals surface area contributed by atoms with Gasteiger partial charge in [-0.3, -0.25) is 0 Å². The van der Waals surface area contributed by atoms with E-state index >= 15 is 0 Å². The third kappa shape index (κ3) is 2.03. The van der Waals surface area contributed by atoms with E-state index in [0.717, 1.165) is 12.1 Å². The quantitative estimate of drug-likeness (QED) is 0.766. The van der Waals surface area contributed by atoms with Gasteiger partial charge in [0.2, 0.25) is 0 Å². The Morgan fingerprint density at radius 2 is 1.70 bits per heavy atom. The summed E-state index contributed by atoms with van der Waals surface area (Å²) in [6, 6.07) is 8.74. The van der Waals surface area contributed by atoms with Crippen LogP contribution in [0.3, 0.4) is 0 Å². The van der Waals surface area contributed by atoms with Crippen LogP contribution in [0, 0.1) is 11.6 Å². The lowest BCUT2D eigenvalue weighted by atomic mass is 10.0. The summed E-state index contributed by atoms with van der Waals surface area (Å²) in [5.41, 5.74) is 0.446. The first-order valence-corrected chi connectivity index (χ1v) is 5.77. The predicted molar refractivity (Wildman–Crippen MR) is 68.5 cm³/mol. The molecule has 1 N–H and O–H groups in total. The highest BCUT2D eigenvalue weighted by atomic mass is 19.1. The molecule has 0 bridgehead atoms. The van der Waals surface area contributed by atoms with Gasteiger partial charge in [0.1, 0.15) is 23.0 Å². The van der Waals surface area contributed by atoms with E-state index in [1.54, 1.807) is 0 Å². The molecule has 0 aliphatic rings. The fourth-order valence-electron chi connectivity index (χ4n) is 2.05. The smallest absolute Gasteiger partial charge is 0.336 e. The Bertz CT molecular complexity index is 821. The van der Waals surface area contributed by atoms with Crippen molar-refractivity contribution in [2.75, 3.05) is 0 Å². The Morgan fingerprint density at radius 3 is 2.45 bits per heavy atom. The zero-order valence-electron chi connectivity index (χ0n) is 10.1. The summed E-state index contributed by atoms with van der Waals surface area (Å²) in [5.74, 6) is -2.01. The molecule has 0 fully saturated rings. The molecule has 5 heteroatoms. The molecule has 0 spiro atoms. The molecular formula is C15H8F2O3. The van der Waals surface area contributed by atoms with E-state index in [2.05, 4.69) is 0 Å². The molecule has 2 aromatic carbocycles. The van der Waals surface area contributed by atoms with Crippen molar-refractivity contribution in [3.8, 4) is 11.3 Å². The number of hydrogen-bond donors (Lipinski definition) is 1. The molecule has 0 aliphatic heterocycles. The van der Waals surface area contributed by atoms with Gasteiger partial charge in [-0.2, -0.15) is 0 Å². The van der Waals surface area contributed by atoms with Crippen molar-refractivity contribution in [3.63, 3.8) is 0 Å². The van der Waals surface area contributed by atoms with E-state index in [1.807, 2.05) is 0 Å². The van der Waals surface area contributed by atoms with Crippen molar-refractivity contribution in [2.45, 2.75) is 0 Å². The summed E-state index contributed by atoms with van der Waals surface area (Å²) in [4.78, 5) is 11.2. The molecule has 1 aromatic heterocycles. The molecule has 3 nitrogen and oxygen atoms in total. The fraction of sp³-hybridized carbons (Fsp3) is 0. The van der Waals surface area contributed by atoms with Crippen LogP contribution in [0.5, 0.6) is 0 Å². The van der Waals surface area contributed by atoms with Crippen LogP contribution in [0.2, 0.25) is 0 Å². The van der Waals surface area contributed by atoms with E-state index in [1.165, 1.54) is 30.3 Å². The van der Waals surface area contributed by atoms with Crippen molar-refractivity contribution in [1.29, 1.82) is 0 Å². The minimum Gasteiger partial charge on any atom is -0.478 e. The first kappa shape index (κ1) is 12.3. The highest BCUT2D eigenvalue weighted by Gasteiger charge is 2.16. The minimum absolute atomic E-state index is 0.0778. The van der Waals surface area contributed by atoms with Gasteiger partial charge >= 0.3 is 5.97 Å². The molecule has 3 aromatic rings. The molecule has 0 saturated heterocycles. The second-order valence-electron chi connectivity index (χ2n) is 4.29. The number of carbonyl (C=O) groups is 1. The molecule has 0 amide bonds. The lowest BCUT2D eigenvalue weighted by Crippen LogP contribution is -1.99. The summed E-state index contributed by atoms with van der Waals surface area (Å²) in [5, 5.41) is 9.60. The molecule has 100 valence electrons. The Labute approximate surface area is 112 Å². The number of hydrogen-bond acceptors (Lipinski definition) is 2. The second kappa shape index (κ2) is 4.45. The topological polar surface area (TPSA) is 50.4 Å². The van der Waals surface area contributed by atoms with Gasteiger partial charge in [0.15, 0.2) is 0 Å².